The molecule has 4 rings (SSSR count). The number of benzene rings is 1. The first-order chi connectivity index (χ1) is 14.0. The van der Waals surface area contributed by atoms with Gasteiger partial charge in [0, 0.05) is 34.3 Å². The fraction of sp³-hybridized carbons (Fsp3) is 0.333. The molecule has 3 aromatic rings. The number of fused-ring (bicyclic) bond motifs is 2. The van der Waals surface area contributed by atoms with Crippen molar-refractivity contribution >= 4 is 27.5 Å². The topological polar surface area (TPSA) is 92.3 Å². The van der Waals surface area contributed by atoms with Crippen molar-refractivity contribution in [2.24, 2.45) is 0 Å². The highest BCUT2D eigenvalue weighted by molar-refractivity contribution is 9.10. The Kier molecular flexibility index (Phi) is 5.24. The van der Waals surface area contributed by atoms with Crippen molar-refractivity contribution in [3.63, 3.8) is 0 Å². The lowest BCUT2D eigenvalue weighted by molar-refractivity contribution is -0.122. The highest BCUT2D eigenvalue weighted by atomic mass is 79.9. The Bertz CT molecular complexity index is 1150. The first-order valence-electron chi connectivity index (χ1n) is 9.43. The monoisotopic (exact) mass is 453 g/mol. The number of nitrogens with zero attached hydrogens (tertiary/aromatic N) is 4. The predicted octanol–water partition coefficient (Wildman–Crippen LogP) is 3.55. The summed E-state index contributed by atoms with van der Waals surface area (Å²) in [6.45, 7) is 4.43. The Balaban J connectivity index is 1.49. The van der Waals surface area contributed by atoms with Crippen LogP contribution in [0.25, 0.3) is 5.65 Å². The van der Waals surface area contributed by atoms with Gasteiger partial charge in [-0.15, -0.1) is 0 Å². The largest absolute Gasteiger partial charge is 0.493 e. The Morgan fingerprint density at radius 1 is 1.45 bits per heavy atom. The van der Waals surface area contributed by atoms with Crippen LogP contribution in [0.2, 0.25) is 0 Å². The van der Waals surface area contributed by atoms with Gasteiger partial charge in [-0.05, 0) is 44.0 Å². The summed E-state index contributed by atoms with van der Waals surface area (Å²) in [7, 11) is 0. The van der Waals surface area contributed by atoms with Crippen LogP contribution in [0.4, 0.5) is 0 Å². The van der Waals surface area contributed by atoms with Gasteiger partial charge in [0.2, 0.25) is 5.91 Å². The van der Waals surface area contributed by atoms with Crippen LogP contribution >= 0.6 is 15.9 Å². The summed E-state index contributed by atoms with van der Waals surface area (Å²) in [5.41, 5.74) is 4.71. The van der Waals surface area contributed by atoms with Gasteiger partial charge in [-0.1, -0.05) is 15.9 Å². The summed E-state index contributed by atoms with van der Waals surface area (Å²) in [5.74, 6) is 0.804. The molecule has 1 atom stereocenters. The molecule has 1 unspecified atom stereocenters. The molecule has 1 amide bonds. The summed E-state index contributed by atoms with van der Waals surface area (Å²) in [4.78, 5) is 17.2. The van der Waals surface area contributed by atoms with Crippen molar-refractivity contribution in [1.29, 1.82) is 5.26 Å². The minimum atomic E-state index is -0.0594. The molecule has 1 N–H and O–H groups in total. The Morgan fingerprint density at radius 2 is 2.28 bits per heavy atom. The Labute approximate surface area is 176 Å². The van der Waals surface area contributed by atoms with Crippen LogP contribution in [0.5, 0.6) is 5.75 Å². The lowest BCUT2D eigenvalue weighted by atomic mass is 10.00. The summed E-state index contributed by atoms with van der Waals surface area (Å²) < 4.78 is 8.32. The van der Waals surface area contributed by atoms with Gasteiger partial charge in [-0.3, -0.25) is 4.79 Å². The lowest BCUT2D eigenvalue weighted by Crippen LogP contribution is -2.32. The quantitative estimate of drug-likeness (QED) is 0.651. The first kappa shape index (κ1) is 19.4. The number of aromatic nitrogens is 3. The zero-order valence-corrected chi connectivity index (χ0v) is 17.8. The molecule has 0 fully saturated rings. The fourth-order valence-electron chi connectivity index (χ4n) is 3.77. The van der Waals surface area contributed by atoms with Crippen molar-refractivity contribution in [1.82, 2.24) is 19.9 Å². The van der Waals surface area contributed by atoms with Gasteiger partial charge >= 0.3 is 0 Å². The van der Waals surface area contributed by atoms with Crippen molar-refractivity contribution in [3.8, 4) is 11.8 Å². The third-order valence-corrected chi connectivity index (χ3v) is 5.77. The van der Waals surface area contributed by atoms with Gasteiger partial charge in [0.1, 0.15) is 17.4 Å². The normalized spacial score (nSPS) is 15.4. The zero-order chi connectivity index (χ0) is 20.5. The minimum Gasteiger partial charge on any atom is -0.493 e. The van der Waals surface area contributed by atoms with Crippen LogP contribution in [0.3, 0.4) is 0 Å². The molecule has 0 aliphatic carbocycles. The van der Waals surface area contributed by atoms with Crippen LogP contribution in [-0.2, 0) is 11.2 Å². The van der Waals surface area contributed by atoms with E-state index >= 15 is 0 Å². The first-order valence-corrected chi connectivity index (χ1v) is 10.2. The van der Waals surface area contributed by atoms with Crippen LogP contribution in [0.1, 0.15) is 47.0 Å². The second-order valence-corrected chi connectivity index (χ2v) is 8.02. The van der Waals surface area contributed by atoms with Crippen molar-refractivity contribution in [3.05, 3.63) is 56.9 Å². The molecule has 1 aliphatic heterocycles. The summed E-state index contributed by atoms with van der Waals surface area (Å²) >= 11 is 3.48. The van der Waals surface area contributed by atoms with Gasteiger partial charge in [0.15, 0.2) is 5.65 Å². The zero-order valence-electron chi connectivity index (χ0n) is 16.2. The Hall–Kier alpha value is -2.92. The number of halogens is 1. The number of aryl methyl sites for hydroxylation is 2. The molecule has 1 aromatic carbocycles. The molecule has 0 saturated carbocycles. The molecular weight excluding hydrogens is 434 g/mol. The number of nitrogens with one attached hydrogen (secondary N) is 1. The number of amides is 1. The summed E-state index contributed by atoms with van der Waals surface area (Å²) in [5, 5.41) is 16.6. The van der Waals surface area contributed by atoms with Gasteiger partial charge in [-0.2, -0.15) is 10.4 Å². The van der Waals surface area contributed by atoms with Gasteiger partial charge in [0.05, 0.1) is 18.8 Å². The highest BCUT2D eigenvalue weighted by Crippen LogP contribution is 2.34. The third kappa shape index (κ3) is 3.70. The van der Waals surface area contributed by atoms with E-state index in [0.29, 0.717) is 30.7 Å². The van der Waals surface area contributed by atoms with E-state index in [1.807, 2.05) is 32.0 Å². The molecule has 148 valence electrons. The maximum atomic E-state index is 12.7. The molecule has 0 spiro atoms. The maximum absolute atomic E-state index is 12.7. The molecule has 3 heterocycles. The number of carbonyl (C=O) groups is 1. The highest BCUT2D eigenvalue weighted by Gasteiger charge is 2.23. The van der Waals surface area contributed by atoms with Crippen molar-refractivity contribution in [2.45, 2.75) is 39.2 Å². The maximum Gasteiger partial charge on any atom is 0.220 e. The fourth-order valence-corrected chi connectivity index (χ4v) is 4.15. The van der Waals surface area contributed by atoms with E-state index in [9.17, 15) is 10.1 Å². The molecular formula is C21H20BrN5O2. The number of hydrogen-bond donors (Lipinski definition) is 1. The molecule has 2 aromatic heterocycles. The van der Waals surface area contributed by atoms with E-state index < -0.39 is 0 Å². The average Bonchev–Trinajstić information content (AvgIpc) is 3.11. The smallest absolute Gasteiger partial charge is 0.220 e. The van der Waals surface area contributed by atoms with E-state index in [-0.39, 0.29) is 11.9 Å². The Morgan fingerprint density at radius 3 is 3.07 bits per heavy atom. The molecule has 7 nitrogen and oxygen atoms in total. The minimum absolute atomic E-state index is 0.0140. The van der Waals surface area contributed by atoms with E-state index in [0.717, 1.165) is 39.2 Å². The van der Waals surface area contributed by atoms with Crippen LogP contribution in [0.15, 0.2) is 28.9 Å². The molecule has 8 heteroatoms. The SMILES string of the molecule is Cc1nc2c(C#N)cnn2c(C)c1CCC(=O)NC1CCOc2ccc(Br)cc21. The summed E-state index contributed by atoms with van der Waals surface area (Å²) in [6, 6.07) is 7.90. The van der Waals surface area contributed by atoms with Crippen molar-refractivity contribution < 1.29 is 9.53 Å². The second-order valence-electron chi connectivity index (χ2n) is 7.11. The number of rotatable bonds is 4. The number of carbonyl (C=O) groups excluding carboxylic acids is 1. The van der Waals surface area contributed by atoms with Crippen LogP contribution < -0.4 is 10.1 Å². The number of hydrogen-bond acceptors (Lipinski definition) is 5. The van der Waals surface area contributed by atoms with Gasteiger partial charge in [-0.25, -0.2) is 9.50 Å². The standard InChI is InChI=1S/C21H20BrN5O2/c1-12-16(13(2)27-21(25-12)14(10-23)11-24-27)4-6-20(28)26-18-7-8-29-19-5-3-15(22)9-17(18)19/h3,5,9,11,18H,4,6-8H2,1-2H3,(H,26,28). The molecule has 29 heavy (non-hydrogen) atoms. The molecule has 0 saturated heterocycles. The molecule has 0 radical (unpaired) electrons. The van der Waals surface area contributed by atoms with E-state index in [2.05, 4.69) is 37.4 Å². The average molecular weight is 454 g/mol. The van der Waals surface area contributed by atoms with Crippen LogP contribution in [-0.4, -0.2) is 27.1 Å². The third-order valence-electron chi connectivity index (χ3n) is 5.28. The predicted molar refractivity (Wildman–Crippen MR) is 111 cm³/mol. The van der Waals surface area contributed by atoms with E-state index in [1.54, 1.807) is 4.52 Å². The number of nitriles is 1. The van der Waals surface area contributed by atoms with Gasteiger partial charge in [0.25, 0.3) is 0 Å². The number of ether oxygens (including phenoxy) is 1. The molecule has 1 aliphatic rings. The van der Waals surface area contributed by atoms with E-state index in [1.165, 1.54) is 6.20 Å². The lowest BCUT2D eigenvalue weighted by Gasteiger charge is -2.27. The van der Waals surface area contributed by atoms with E-state index in [4.69, 9.17) is 4.74 Å². The summed E-state index contributed by atoms with van der Waals surface area (Å²) in [6.07, 6.45) is 3.17. The van der Waals surface area contributed by atoms with Gasteiger partial charge < -0.3 is 10.1 Å². The second kappa shape index (κ2) is 7.84. The molecule has 0 bridgehead atoms. The van der Waals surface area contributed by atoms with Crippen molar-refractivity contribution in [2.75, 3.05) is 6.61 Å². The van der Waals surface area contributed by atoms with Crippen LogP contribution in [0, 0.1) is 25.2 Å².